The van der Waals surface area contributed by atoms with Crippen LogP contribution in [0.2, 0.25) is 0 Å². The van der Waals surface area contributed by atoms with E-state index >= 15 is 0 Å². The maximum atomic E-state index is 12.5. The highest BCUT2D eigenvalue weighted by atomic mass is 79.9. The Hall–Kier alpha value is -2.68. The molecule has 0 bridgehead atoms. The van der Waals surface area contributed by atoms with Crippen LogP contribution in [-0.4, -0.2) is 63.1 Å². The zero-order valence-electron chi connectivity index (χ0n) is 13.0. The van der Waals surface area contributed by atoms with Crippen molar-refractivity contribution >= 4 is 27.7 Å². The first kappa shape index (κ1) is 17.2. The van der Waals surface area contributed by atoms with E-state index in [0.29, 0.717) is 30.8 Å². The van der Waals surface area contributed by atoms with Gasteiger partial charge in [0.1, 0.15) is 0 Å². The van der Waals surface area contributed by atoms with Crippen molar-refractivity contribution < 1.29 is 29.3 Å². The van der Waals surface area contributed by atoms with Gasteiger partial charge in [-0.3, -0.25) is 9.59 Å². The number of piperazine rings is 1. The summed E-state index contributed by atoms with van der Waals surface area (Å²) in [7, 11) is 0. The van der Waals surface area contributed by atoms with E-state index in [-0.39, 0.29) is 17.2 Å². The molecule has 2 heterocycles. The zero-order chi connectivity index (χ0) is 18.1. The molecule has 0 atom stereocenters. The number of furan rings is 1. The van der Waals surface area contributed by atoms with Gasteiger partial charge in [0, 0.05) is 31.7 Å². The lowest BCUT2D eigenvalue weighted by Crippen LogP contribution is -2.50. The van der Waals surface area contributed by atoms with Crippen molar-refractivity contribution in [3.05, 3.63) is 40.3 Å². The van der Waals surface area contributed by atoms with Crippen molar-refractivity contribution in [3.8, 4) is 17.2 Å². The third-order valence-electron chi connectivity index (χ3n) is 3.95. The molecule has 1 aromatic carbocycles. The van der Waals surface area contributed by atoms with Crippen LogP contribution in [0.4, 0.5) is 0 Å². The number of hydrogen-bond donors (Lipinski definition) is 3. The minimum Gasteiger partial charge on any atom is -0.504 e. The summed E-state index contributed by atoms with van der Waals surface area (Å²) in [4.78, 5) is 27.9. The number of carbonyl (C=O) groups excluding carboxylic acids is 2. The van der Waals surface area contributed by atoms with Crippen LogP contribution < -0.4 is 0 Å². The second-order valence-corrected chi connectivity index (χ2v) is 6.33. The molecular formula is C16H15BrN2O6. The number of halogens is 1. The molecule has 0 radical (unpaired) electrons. The maximum absolute atomic E-state index is 12.5. The van der Waals surface area contributed by atoms with Crippen LogP contribution in [0.1, 0.15) is 20.9 Å². The Morgan fingerprint density at radius 2 is 1.44 bits per heavy atom. The highest BCUT2D eigenvalue weighted by Gasteiger charge is 2.27. The largest absolute Gasteiger partial charge is 0.504 e. The first-order valence-electron chi connectivity index (χ1n) is 7.45. The summed E-state index contributed by atoms with van der Waals surface area (Å²) in [5, 5.41) is 28.4. The molecule has 3 N–H and O–H groups in total. The van der Waals surface area contributed by atoms with Crippen molar-refractivity contribution in [1.29, 1.82) is 0 Å². The fourth-order valence-corrected chi connectivity index (χ4v) is 2.91. The summed E-state index contributed by atoms with van der Waals surface area (Å²) in [6.45, 7) is 1.27. The van der Waals surface area contributed by atoms with Gasteiger partial charge in [-0.1, -0.05) is 0 Å². The topological polar surface area (TPSA) is 114 Å². The van der Waals surface area contributed by atoms with E-state index < -0.39 is 23.2 Å². The number of rotatable bonds is 2. The van der Waals surface area contributed by atoms with Crippen LogP contribution in [0, 0.1) is 0 Å². The van der Waals surface area contributed by atoms with Gasteiger partial charge < -0.3 is 29.5 Å². The highest BCUT2D eigenvalue weighted by molar-refractivity contribution is 9.10. The quantitative estimate of drug-likeness (QED) is 0.649. The lowest BCUT2D eigenvalue weighted by Gasteiger charge is -2.34. The molecule has 1 aliphatic heterocycles. The van der Waals surface area contributed by atoms with Crippen molar-refractivity contribution in [3.63, 3.8) is 0 Å². The van der Waals surface area contributed by atoms with Crippen molar-refractivity contribution in [2.45, 2.75) is 0 Å². The number of phenolic OH excluding ortho intramolecular Hbond substituents is 3. The van der Waals surface area contributed by atoms with E-state index in [1.165, 1.54) is 4.90 Å². The van der Waals surface area contributed by atoms with Crippen molar-refractivity contribution in [1.82, 2.24) is 9.80 Å². The number of nitrogens with zero attached hydrogens (tertiary/aromatic N) is 2. The SMILES string of the molecule is O=C(c1cc(O)c(O)c(O)c1)N1CCN(C(=O)c2ccc(Br)o2)CC1. The predicted molar refractivity (Wildman–Crippen MR) is 89.7 cm³/mol. The molecule has 1 saturated heterocycles. The Morgan fingerprint density at radius 3 is 1.92 bits per heavy atom. The van der Waals surface area contributed by atoms with E-state index in [0.717, 1.165) is 12.1 Å². The Kier molecular flexibility index (Phi) is 4.58. The minimum absolute atomic E-state index is 0.0579. The first-order chi connectivity index (χ1) is 11.9. The van der Waals surface area contributed by atoms with E-state index in [1.54, 1.807) is 17.0 Å². The number of hydrogen-bond acceptors (Lipinski definition) is 6. The fraction of sp³-hybridized carbons (Fsp3) is 0.250. The lowest BCUT2D eigenvalue weighted by atomic mass is 10.1. The van der Waals surface area contributed by atoms with Gasteiger partial charge in [-0.2, -0.15) is 0 Å². The molecule has 8 nitrogen and oxygen atoms in total. The molecule has 2 aromatic rings. The zero-order valence-corrected chi connectivity index (χ0v) is 14.6. The van der Waals surface area contributed by atoms with Crippen LogP contribution >= 0.6 is 15.9 Å². The van der Waals surface area contributed by atoms with Gasteiger partial charge >= 0.3 is 0 Å². The molecule has 132 valence electrons. The second kappa shape index (κ2) is 6.67. The Labute approximate surface area is 151 Å². The summed E-state index contributed by atoms with van der Waals surface area (Å²) in [5.41, 5.74) is 0.0579. The molecular weight excluding hydrogens is 396 g/mol. The number of amides is 2. The third kappa shape index (κ3) is 3.41. The van der Waals surface area contributed by atoms with E-state index in [1.807, 2.05) is 0 Å². The second-order valence-electron chi connectivity index (χ2n) is 5.55. The highest BCUT2D eigenvalue weighted by Crippen LogP contribution is 2.35. The standard InChI is InChI=1S/C16H15BrN2O6/c17-13-2-1-12(25-13)16(24)19-5-3-18(4-6-19)15(23)9-7-10(20)14(22)11(21)8-9/h1-2,7-8,20-22H,3-6H2. The Morgan fingerprint density at radius 1 is 0.920 bits per heavy atom. The van der Waals surface area contributed by atoms with E-state index in [4.69, 9.17) is 4.42 Å². The van der Waals surface area contributed by atoms with Gasteiger partial charge in [-0.15, -0.1) is 0 Å². The van der Waals surface area contributed by atoms with Gasteiger partial charge in [0.2, 0.25) is 0 Å². The lowest BCUT2D eigenvalue weighted by molar-refractivity contribution is 0.0517. The van der Waals surface area contributed by atoms with Gasteiger partial charge in [0.25, 0.3) is 11.8 Å². The average molecular weight is 411 g/mol. The number of phenols is 3. The molecule has 3 rings (SSSR count). The molecule has 0 spiro atoms. The van der Waals surface area contributed by atoms with E-state index in [2.05, 4.69) is 15.9 Å². The Bertz CT molecular complexity index is 803. The van der Waals surface area contributed by atoms with Crippen LogP contribution in [-0.2, 0) is 0 Å². The molecule has 1 aromatic heterocycles. The molecule has 25 heavy (non-hydrogen) atoms. The first-order valence-corrected chi connectivity index (χ1v) is 8.25. The Balaban J connectivity index is 1.66. The summed E-state index contributed by atoms with van der Waals surface area (Å²) in [6, 6.07) is 5.40. The molecule has 9 heteroatoms. The fourth-order valence-electron chi connectivity index (χ4n) is 2.61. The predicted octanol–water partition coefficient (Wildman–Crippen LogP) is 1.76. The summed E-state index contributed by atoms with van der Waals surface area (Å²) in [5.74, 6) is -2.24. The van der Waals surface area contributed by atoms with E-state index in [9.17, 15) is 24.9 Å². The molecule has 0 saturated carbocycles. The molecule has 0 aliphatic carbocycles. The number of carbonyl (C=O) groups is 2. The molecule has 0 unspecified atom stereocenters. The summed E-state index contributed by atoms with van der Waals surface area (Å²) in [6.07, 6.45) is 0. The average Bonchev–Trinajstić information content (AvgIpc) is 3.04. The molecule has 1 aliphatic rings. The van der Waals surface area contributed by atoms with Gasteiger partial charge in [-0.25, -0.2) is 0 Å². The van der Waals surface area contributed by atoms with Gasteiger partial charge in [0.05, 0.1) is 0 Å². The van der Waals surface area contributed by atoms with Crippen LogP contribution in [0.25, 0.3) is 0 Å². The smallest absolute Gasteiger partial charge is 0.289 e. The van der Waals surface area contributed by atoms with Gasteiger partial charge in [0.15, 0.2) is 27.7 Å². The van der Waals surface area contributed by atoms with Crippen LogP contribution in [0.3, 0.4) is 0 Å². The maximum Gasteiger partial charge on any atom is 0.289 e. The number of aromatic hydroxyl groups is 3. The summed E-state index contributed by atoms with van der Waals surface area (Å²) >= 11 is 3.15. The van der Waals surface area contributed by atoms with Crippen molar-refractivity contribution in [2.24, 2.45) is 0 Å². The summed E-state index contributed by atoms with van der Waals surface area (Å²) < 4.78 is 5.71. The van der Waals surface area contributed by atoms with Crippen LogP contribution in [0.15, 0.2) is 33.4 Å². The molecule has 2 amide bonds. The normalized spacial score (nSPS) is 14.6. The minimum atomic E-state index is -0.670. The van der Waals surface area contributed by atoms with Crippen molar-refractivity contribution in [2.75, 3.05) is 26.2 Å². The van der Waals surface area contributed by atoms with Gasteiger partial charge in [-0.05, 0) is 40.2 Å². The molecule has 1 fully saturated rings. The number of benzene rings is 1. The van der Waals surface area contributed by atoms with Crippen LogP contribution in [0.5, 0.6) is 17.2 Å². The monoisotopic (exact) mass is 410 g/mol. The third-order valence-corrected chi connectivity index (χ3v) is 4.38.